The zero-order valence-corrected chi connectivity index (χ0v) is 12.3. The molecule has 0 saturated carbocycles. The summed E-state index contributed by atoms with van der Waals surface area (Å²) in [5.41, 5.74) is 0. The normalized spacial score (nSPS) is 14.2. The molecule has 0 aliphatic heterocycles. The van der Waals surface area contributed by atoms with Crippen molar-refractivity contribution < 1.29 is 0 Å². The van der Waals surface area contributed by atoms with E-state index in [-0.39, 0.29) is 0 Å². The highest BCUT2D eigenvalue weighted by Crippen LogP contribution is 2.07. The summed E-state index contributed by atoms with van der Waals surface area (Å²) < 4.78 is 2.48. The highest BCUT2D eigenvalue weighted by molar-refractivity contribution is 6.49. The van der Waals surface area contributed by atoms with Gasteiger partial charge in [-0.25, -0.2) is 9.68 Å². The first-order valence-corrected chi connectivity index (χ1v) is 7.70. The summed E-state index contributed by atoms with van der Waals surface area (Å²) in [7, 11) is 2.89. The third-order valence-electron chi connectivity index (χ3n) is 2.92. The van der Waals surface area contributed by atoms with Gasteiger partial charge in [-0.3, -0.25) is 0 Å². The lowest BCUT2D eigenvalue weighted by molar-refractivity contribution is 0.0174. The van der Waals surface area contributed by atoms with Crippen LogP contribution in [0, 0.1) is 0 Å². The summed E-state index contributed by atoms with van der Waals surface area (Å²) in [5, 5.41) is 2.48. The van der Waals surface area contributed by atoms with E-state index in [0.717, 1.165) is 13.1 Å². The summed E-state index contributed by atoms with van der Waals surface area (Å²) in [6.07, 6.45) is 1.19. The Kier molecular flexibility index (Phi) is 8.27. The first kappa shape index (κ1) is 15.1. The van der Waals surface area contributed by atoms with Gasteiger partial charge in [-0.05, 0) is 27.4 Å². The molecule has 92 valence electrons. The zero-order chi connectivity index (χ0) is 11.8. The van der Waals surface area contributed by atoms with Gasteiger partial charge in [-0.2, -0.15) is 0 Å². The Bertz CT molecular complexity index is 152. The van der Waals surface area contributed by atoms with Gasteiger partial charge in [0, 0.05) is 19.1 Å². The van der Waals surface area contributed by atoms with Gasteiger partial charge in [0.25, 0.3) is 9.28 Å². The number of hydrogen-bond donors (Lipinski definition) is 2. The highest BCUT2D eigenvalue weighted by Gasteiger charge is 2.24. The fourth-order valence-electron chi connectivity index (χ4n) is 1.91. The molecule has 1 atom stereocenters. The molecule has 5 heteroatoms. The Balaban J connectivity index is 4.57. The molecule has 1 unspecified atom stereocenters. The molecular weight excluding hydrogens is 204 g/mol. The van der Waals surface area contributed by atoms with Crippen LogP contribution in [-0.4, -0.2) is 52.2 Å². The van der Waals surface area contributed by atoms with E-state index in [9.17, 15) is 0 Å². The van der Waals surface area contributed by atoms with E-state index in [1.807, 2.05) is 14.1 Å². The predicted molar refractivity (Wildman–Crippen MR) is 69.8 cm³/mol. The monoisotopic (exact) mass is 232 g/mol. The summed E-state index contributed by atoms with van der Waals surface area (Å²) in [5.74, 6) is 0. The van der Waals surface area contributed by atoms with Crippen LogP contribution in [0.3, 0.4) is 0 Å². The topological polar surface area (TPSA) is 30.5 Å². The van der Waals surface area contributed by atoms with Gasteiger partial charge < -0.3 is 9.96 Å². The summed E-state index contributed by atoms with van der Waals surface area (Å²) in [6, 6.07) is 0.617. The van der Waals surface area contributed by atoms with Crippen molar-refractivity contribution in [3.05, 3.63) is 0 Å². The minimum Gasteiger partial charge on any atom is -0.318 e. The predicted octanol–water partition coefficient (Wildman–Crippen LogP) is 0.500. The molecule has 0 radical (unpaired) electrons. The van der Waals surface area contributed by atoms with Crippen molar-refractivity contribution in [2.45, 2.75) is 40.2 Å². The van der Waals surface area contributed by atoms with Crippen molar-refractivity contribution in [1.29, 1.82) is 0 Å². The fraction of sp³-hybridized carbons (Fsp3) is 1.00. The molecule has 0 rings (SSSR count). The van der Waals surface area contributed by atoms with E-state index in [4.69, 9.17) is 0 Å². The van der Waals surface area contributed by atoms with E-state index in [2.05, 4.69) is 47.3 Å². The van der Waals surface area contributed by atoms with Crippen LogP contribution in [0.4, 0.5) is 0 Å². The first-order chi connectivity index (χ1) is 7.15. The summed E-state index contributed by atoms with van der Waals surface area (Å²) >= 11 is 0. The number of nitrogens with zero attached hydrogens (tertiary/aromatic N) is 2. The molecule has 2 N–H and O–H groups in total. The SMILES string of the molecule is CCC(C)N(CC)N(CC)[SiH](NC)NC. The maximum absolute atomic E-state index is 3.41. The molecule has 0 aromatic heterocycles. The Morgan fingerprint density at radius 2 is 1.60 bits per heavy atom. The molecule has 0 bridgehead atoms. The molecule has 0 amide bonds. The molecule has 15 heavy (non-hydrogen) atoms. The molecule has 0 aliphatic rings. The number of hydrazine groups is 1. The number of rotatable bonds is 8. The summed E-state index contributed by atoms with van der Waals surface area (Å²) in [6.45, 7) is 11.1. The zero-order valence-electron chi connectivity index (χ0n) is 11.2. The van der Waals surface area contributed by atoms with Crippen LogP contribution in [0.15, 0.2) is 0 Å². The van der Waals surface area contributed by atoms with Crippen LogP contribution in [0.1, 0.15) is 34.1 Å². The molecule has 0 saturated heterocycles. The van der Waals surface area contributed by atoms with Crippen LogP contribution < -0.4 is 9.96 Å². The van der Waals surface area contributed by atoms with Crippen molar-refractivity contribution in [2.24, 2.45) is 0 Å². The average Bonchev–Trinajstić information content (AvgIpc) is 2.28. The minimum absolute atomic E-state index is 0.617. The van der Waals surface area contributed by atoms with Crippen LogP contribution in [-0.2, 0) is 0 Å². The van der Waals surface area contributed by atoms with Gasteiger partial charge in [-0.15, -0.1) is 0 Å². The Morgan fingerprint density at radius 3 is 1.87 bits per heavy atom. The van der Waals surface area contributed by atoms with Gasteiger partial charge in [0.05, 0.1) is 0 Å². The third-order valence-corrected chi connectivity index (χ3v) is 5.27. The van der Waals surface area contributed by atoms with Gasteiger partial charge >= 0.3 is 0 Å². The quantitative estimate of drug-likeness (QED) is 0.471. The van der Waals surface area contributed by atoms with E-state index in [1.165, 1.54) is 6.42 Å². The number of hydrogen-bond acceptors (Lipinski definition) is 4. The second kappa shape index (κ2) is 8.24. The van der Waals surface area contributed by atoms with Crippen molar-refractivity contribution >= 4 is 9.28 Å². The molecule has 0 aromatic carbocycles. The molecular formula is C10H28N4Si. The van der Waals surface area contributed by atoms with Crippen LogP contribution >= 0.6 is 0 Å². The molecule has 4 nitrogen and oxygen atoms in total. The maximum atomic E-state index is 3.41. The van der Waals surface area contributed by atoms with Crippen molar-refractivity contribution in [2.75, 3.05) is 27.2 Å². The third kappa shape index (κ3) is 4.20. The maximum Gasteiger partial charge on any atom is 0.280 e. The van der Waals surface area contributed by atoms with E-state index >= 15 is 0 Å². The fourth-order valence-corrected chi connectivity index (χ4v) is 3.85. The van der Waals surface area contributed by atoms with Gasteiger partial charge in [0.2, 0.25) is 0 Å². The van der Waals surface area contributed by atoms with Crippen molar-refractivity contribution in [3.63, 3.8) is 0 Å². The lowest BCUT2D eigenvalue weighted by Crippen LogP contribution is -2.64. The van der Waals surface area contributed by atoms with Crippen LogP contribution in [0.2, 0.25) is 0 Å². The van der Waals surface area contributed by atoms with Gasteiger partial charge in [-0.1, -0.05) is 20.8 Å². The first-order valence-electron chi connectivity index (χ1n) is 6.03. The second-order valence-corrected chi connectivity index (χ2v) is 6.30. The molecule has 0 spiro atoms. The number of nitrogens with one attached hydrogen (secondary N) is 2. The Morgan fingerprint density at radius 1 is 1.07 bits per heavy atom. The lowest BCUT2D eigenvalue weighted by atomic mass is 10.2. The standard InChI is InChI=1S/C10H28N4Si/c1-7-10(4)13(8-2)14(9-3)15(11-5)12-6/h10-12,15H,7-9H2,1-6H3. The van der Waals surface area contributed by atoms with Crippen LogP contribution in [0.5, 0.6) is 0 Å². The van der Waals surface area contributed by atoms with E-state index < -0.39 is 9.28 Å². The summed E-state index contributed by atoms with van der Waals surface area (Å²) in [4.78, 5) is 6.82. The van der Waals surface area contributed by atoms with E-state index in [1.54, 1.807) is 0 Å². The molecule has 0 fully saturated rings. The molecule has 0 aliphatic carbocycles. The minimum atomic E-state index is -1.19. The average molecular weight is 232 g/mol. The smallest absolute Gasteiger partial charge is 0.280 e. The molecule has 0 aromatic rings. The van der Waals surface area contributed by atoms with Gasteiger partial charge in [0.15, 0.2) is 0 Å². The Labute approximate surface area is 96.8 Å². The van der Waals surface area contributed by atoms with E-state index in [0.29, 0.717) is 6.04 Å². The largest absolute Gasteiger partial charge is 0.318 e. The van der Waals surface area contributed by atoms with Crippen LogP contribution in [0.25, 0.3) is 0 Å². The lowest BCUT2D eigenvalue weighted by Gasteiger charge is -2.41. The highest BCUT2D eigenvalue weighted by atomic mass is 28.3. The second-order valence-electron chi connectivity index (χ2n) is 3.75. The van der Waals surface area contributed by atoms with Crippen molar-refractivity contribution in [1.82, 2.24) is 19.6 Å². The molecule has 0 heterocycles. The van der Waals surface area contributed by atoms with Gasteiger partial charge in [0.1, 0.15) is 0 Å². The van der Waals surface area contributed by atoms with Crippen molar-refractivity contribution in [3.8, 4) is 0 Å². The Hall–Kier alpha value is 0.0569.